The van der Waals surface area contributed by atoms with Crippen molar-refractivity contribution in [1.82, 2.24) is 4.98 Å². The van der Waals surface area contributed by atoms with Gasteiger partial charge in [0.15, 0.2) is 0 Å². The van der Waals surface area contributed by atoms with Crippen LogP contribution in [-0.2, 0) is 4.79 Å². The first-order valence-electron chi connectivity index (χ1n) is 9.14. The molecule has 1 amide bonds. The maximum Gasteiger partial charge on any atom is 0.211 e. The minimum atomic E-state index is -0.322. The number of benzene rings is 1. The molecule has 0 saturated carbocycles. The van der Waals surface area contributed by atoms with Crippen molar-refractivity contribution < 1.29 is 9.18 Å². The van der Waals surface area contributed by atoms with E-state index in [4.69, 9.17) is 5.73 Å². The molecule has 0 bridgehead atoms. The van der Waals surface area contributed by atoms with Crippen LogP contribution in [0.15, 0.2) is 29.6 Å². The Morgan fingerprint density at radius 2 is 1.93 bits per heavy atom. The summed E-state index contributed by atoms with van der Waals surface area (Å²) in [6.45, 7) is 8.16. The highest BCUT2D eigenvalue weighted by Gasteiger charge is 2.23. The van der Waals surface area contributed by atoms with Crippen molar-refractivity contribution in [3.8, 4) is 22.3 Å². The highest BCUT2D eigenvalue weighted by atomic mass is 32.1. The number of hydrogen-bond acceptors (Lipinski definition) is 4. The number of rotatable bonds is 6. The Bertz CT molecular complexity index is 1030. The number of halogens is 1. The van der Waals surface area contributed by atoms with E-state index >= 15 is 4.39 Å². The fourth-order valence-corrected chi connectivity index (χ4v) is 4.21. The number of pyridine rings is 1. The number of hydrogen-bond donors (Lipinski definition) is 2. The Kier molecular flexibility index (Phi) is 5.91. The predicted octanol–water partition coefficient (Wildman–Crippen LogP) is 5.17. The van der Waals surface area contributed by atoms with Gasteiger partial charge in [-0.1, -0.05) is 19.1 Å². The molecule has 0 saturated heterocycles. The summed E-state index contributed by atoms with van der Waals surface area (Å²) in [7, 11) is 0. The molecular weight excluding hydrogens is 373 g/mol. The first kappa shape index (κ1) is 20.2. The summed E-state index contributed by atoms with van der Waals surface area (Å²) < 4.78 is 15.2. The van der Waals surface area contributed by atoms with Gasteiger partial charge in [-0.05, 0) is 61.9 Å². The van der Waals surface area contributed by atoms with Crippen LogP contribution in [-0.4, -0.2) is 17.9 Å². The van der Waals surface area contributed by atoms with Gasteiger partial charge in [-0.3, -0.25) is 9.78 Å². The van der Waals surface area contributed by atoms with Crippen LogP contribution in [0.1, 0.15) is 34.7 Å². The molecule has 1 aromatic carbocycles. The first-order chi connectivity index (χ1) is 13.4. The molecule has 3 N–H and O–H groups in total. The topological polar surface area (TPSA) is 68.0 Å². The third-order valence-electron chi connectivity index (χ3n) is 5.08. The molecule has 1 atom stereocenters. The number of aromatic nitrogens is 1. The van der Waals surface area contributed by atoms with E-state index in [0.29, 0.717) is 41.2 Å². The highest BCUT2D eigenvalue weighted by Crippen LogP contribution is 2.44. The Labute approximate surface area is 168 Å². The summed E-state index contributed by atoms with van der Waals surface area (Å²) in [6, 6.07) is 7.23. The molecular formula is C22H24FN3OS. The second-order valence-corrected chi connectivity index (χ2v) is 8.06. The van der Waals surface area contributed by atoms with Gasteiger partial charge in [-0.15, -0.1) is 11.3 Å². The van der Waals surface area contributed by atoms with Crippen molar-refractivity contribution in [3.05, 3.63) is 57.3 Å². The fraction of sp³-hybridized carbons (Fsp3) is 0.273. The van der Waals surface area contributed by atoms with E-state index in [0.717, 1.165) is 21.6 Å². The quantitative estimate of drug-likeness (QED) is 0.564. The van der Waals surface area contributed by atoms with Crippen molar-refractivity contribution >= 4 is 23.4 Å². The zero-order valence-corrected chi connectivity index (χ0v) is 17.3. The molecule has 0 fully saturated rings. The minimum Gasteiger partial charge on any atom is -0.330 e. The Morgan fingerprint density at radius 3 is 2.50 bits per heavy atom. The number of carbonyl (C=O) groups excluding carboxylic acids is 1. The largest absolute Gasteiger partial charge is 0.330 e. The third-order valence-corrected chi connectivity index (χ3v) is 5.92. The highest BCUT2D eigenvalue weighted by molar-refractivity contribution is 7.10. The molecule has 146 valence electrons. The van der Waals surface area contributed by atoms with Crippen molar-refractivity contribution in [2.45, 2.75) is 33.6 Å². The van der Waals surface area contributed by atoms with Gasteiger partial charge in [-0.2, -0.15) is 0 Å². The zero-order chi connectivity index (χ0) is 20.4. The molecule has 4 nitrogen and oxygen atoms in total. The number of amides is 1. The lowest BCUT2D eigenvalue weighted by Crippen LogP contribution is -2.09. The molecule has 0 radical (unpaired) electrons. The molecule has 28 heavy (non-hydrogen) atoms. The fourth-order valence-electron chi connectivity index (χ4n) is 3.51. The second-order valence-electron chi connectivity index (χ2n) is 6.94. The summed E-state index contributed by atoms with van der Waals surface area (Å²) in [4.78, 5) is 16.9. The Balaban J connectivity index is 2.34. The maximum atomic E-state index is 15.2. The SMILES string of the molecule is Cc1nc(C)c(-c2ccc(C(C)CN)cc2F)c(-c2ccsc2C)c1NC=O. The molecule has 0 aliphatic carbocycles. The molecule has 0 aliphatic rings. The van der Waals surface area contributed by atoms with Crippen molar-refractivity contribution in [1.29, 1.82) is 0 Å². The van der Waals surface area contributed by atoms with Gasteiger partial charge in [0.25, 0.3) is 0 Å². The molecule has 1 unspecified atom stereocenters. The number of nitrogens with one attached hydrogen (secondary N) is 1. The second kappa shape index (κ2) is 8.20. The molecule has 6 heteroatoms. The predicted molar refractivity (Wildman–Crippen MR) is 114 cm³/mol. The Hall–Kier alpha value is -2.57. The first-order valence-corrected chi connectivity index (χ1v) is 10.0. The number of anilines is 1. The number of nitrogens with zero attached hydrogens (tertiary/aromatic N) is 1. The summed E-state index contributed by atoms with van der Waals surface area (Å²) >= 11 is 1.61. The Morgan fingerprint density at radius 1 is 1.18 bits per heavy atom. The third kappa shape index (κ3) is 3.57. The molecule has 3 aromatic rings. The van der Waals surface area contributed by atoms with E-state index in [2.05, 4.69) is 10.3 Å². The number of thiophene rings is 1. The van der Waals surface area contributed by atoms with Crippen molar-refractivity contribution in [2.75, 3.05) is 11.9 Å². The zero-order valence-electron chi connectivity index (χ0n) is 16.5. The van der Waals surface area contributed by atoms with E-state index in [-0.39, 0.29) is 11.7 Å². The smallest absolute Gasteiger partial charge is 0.211 e. The summed E-state index contributed by atoms with van der Waals surface area (Å²) in [5.74, 6) is -0.246. The van der Waals surface area contributed by atoms with Crippen LogP contribution in [0, 0.1) is 26.6 Å². The lowest BCUT2D eigenvalue weighted by Gasteiger charge is -2.20. The van der Waals surface area contributed by atoms with Crippen LogP contribution in [0.4, 0.5) is 10.1 Å². The van der Waals surface area contributed by atoms with Crippen LogP contribution in [0.25, 0.3) is 22.3 Å². The summed E-state index contributed by atoms with van der Waals surface area (Å²) in [6.07, 6.45) is 0.636. The monoisotopic (exact) mass is 397 g/mol. The van der Waals surface area contributed by atoms with Crippen LogP contribution >= 0.6 is 11.3 Å². The molecule has 3 rings (SSSR count). The van der Waals surface area contributed by atoms with E-state index in [1.807, 2.05) is 45.2 Å². The van der Waals surface area contributed by atoms with Gasteiger partial charge >= 0.3 is 0 Å². The van der Waals surface area contributed by atoms with Crippen LogP contribution < -0.4 is 11.1 Å². The maximum absolute atomic E-state index is 15.2. The molecule has 0 aliphatic heterocycles. The summed E-state index contributed by atoms with van der Waals surface area (Å²) in [5.41, 5.74) is 11.5. The van der Waals surface area contributed by atoms with E-state index < -0.39 is 0 Å². The van der Waals surface area contributed by atoms with Crippen molar-refractivity contribution in [2.24, 2.45) is 5.73 Å². The molecule has 2 aromatic heterocycles. The number of nitrogens with two attached hydrogens (primary N) is 1. The number of aryl methyl sites for hydroxylation is 3. The average molecular weight is 398 g/mol. The van der Waals surface area contributed by atoms with Gasteiger partial charge in [0, 0.05) is 27.3 Å². The average Bonchev–Trinajstić information content (AvgIpc) is 3.09. The van der Waals surface area contributed by atoms with Gasteiger partial charge in [0.2, 0.25) is 6.41 Å². The van der Waals surface area contributed by atoms with E-state index in [1.54, 1.807) is 23.5 Å². The van der Waals surface area contributed by atoms with Crippen LogP contribution in [0.2, 0.25) is 0 Å². The van der Waals surface area contributed by atoms with Gasteiger partial charge in [0.1, 0.15) is 5.82 Å². The lowest BCUT2D eigenvalue weighted by atomic mass is 9.90. The lowest BCUT2D eigenvalue weighted by molar-refractivity contribution is -0.105. The summed E-state index contributed by atoms with van der Waals surface area (Å²) in [5, 5.41) is 4.77. The van der Waals surface area contributed by atoms with Gasteiger partial charge in [-0.25, -0.2) is 4.39 Å². The minimum absolute atomic E-state index is 0.0756. The normalized spacial score (nSPS) is 12.1. The van der Waals surface area contributed by atoms with Gasteiger partial charge in [0.05, 0.1) is 11.4 Å². The van der Waals surface area contributed by atoms with Crippen molar-refractivity contribution in [3.63, 3.8) is 0 Å². The number of carbonyl (C=O) groups is 1. The molecule has 0 spiro atoms. The van der Waals surface area contributed by atoms with Crippen LogP contribution in [0.5, 0.6) is 0 Å². The van der Waals surface area contributed by atoms with Crippen LogP contribution in [0.3, 0.4) is 0 Å². The molecule has 2 heterocycles. The standard InChI is InChI=1S/C22H24FN3OS/c1-12(10-24)16-5-6-18(19(23)9-16)20-13(2)26-14(3)22(25-11-27)21(20)17-7-8-28-15(17)4/h5-9,11-12H,10,24H2,1-4H3,(H,25,27). The van der Waals surface area contributed by atoms with E-state index in [9.17, 15) is 4.79 Å². The van der Waals surface area contributed by atoms with Gasteiger partial charge < -0.3 is 11.1 Å². The van der Waals surface area contributed by atoms with E-state index in [1.165, 1.54) is 0 Å².